The first-order chi connectivity index (χ1) is 11.8. The molecule has 3 rings (SSSR count). The van der Waals surface area contributed by atoms with Crippen molar-refractivity contribution in [2.45, 2.75) is 4.21 Å². The predicted molar refractivity (Wildman–Crippen MR) is 101 cm³/mol. The van der Waals surface area contributed by atoms with Crippen LogP contribution in [0.2, 0.25) is 0 Å². The van der Waals surface area contributed by atoms with E-state index in [2.05, 4.69) is 54.3 Å². The van der Waals surface area contributed by atoms with Gasteiger partial charge in [0.25, 0.3) is 4.20 Å². The second-order valence-corrected chi connectivity index (χ2v) is 10.5. The van der Waals surface area contributed by atoms with Crippen LogP contribution in [0.1, 0.15) is 9.75 Å². The van der Waals surface area contributed by atoms with E-state index in [-0.39, 0.29) is 0 Å². The monoisotopic (exact) mass is 452 g/mol. The van der Waals surface area contributed by atoms with Gasteiger partial charge in [0.1, 0.15) is 0 Å². The van der Waals surface area contributed by atoms with E-state index in [0.29, 0.717) is 0 Å². The molecule has 0 saturated heterocycles. The Morgan fingerprint density at radius 3 is 2.28 bits per heavy atom. The molecule has 134 valence electrons. The van der Waals surface area contributed by atoms with Crippen molar-refractivity contribution in [3.63, 3.8) is 0 Å². The Morgan fingerprint density at radius 1 is 1.08 bits per heavy atom. The van der Waals surface area contributed by atoms with Crippen LogP contribution in [0.15, 0.2) is 50.9 Å². The molecule has 0 spiro atoms. The van der Waals surface area contributed by atoms with Crippen molar-refractivity contribution in [1.82, 2.24) is 0 Å². The van der Waals surface area contributed by atoms with Gasteiger partial charge in [-0.05, 0) is 47.7 Å². The minimum absolute atomic E-state index is 1.36. The van der Waals surface area contributed by atoms with Crippen LogP contribution in [-0.4, -0.2) is 16.7 Å². The van der Waals surface area contributed by atoms with Gasteiger partial charge in [0.2, 0.25) is 0 Å². The highest BCUT2D eigenvalue weighted by Gasteiger charge is 2.21. The van der Waals surface area contributed by atoms with Crippen LogP contribution in [0.25, 0.3) is 5.57 Å². The first kappa shape index (κ1) is 21.1. The fourth-order valence-electron chi connectivity index (χ4n) is 1.91. The van der Waals surface area contributed by atoms with Gasteiger partial charge in [-0.1, -0.05) is 6.07 Å². The van der Waals surface area contributed by atoms with Crippen LogP contribution in [0.5, 0.6) is 0 Å². The average molecular weight is 453 g/mol. The van der Waals surface area contributed by atoms with Gasteiger partial charge in [-0.25, -0.2) is 18.6 Å². The van der Waals surface area contributed by atoms with Crippen LogP contribution < -0.4 is 18.6 Å². The van der Waals surface area contributed by atoms with Gasteiger partial charge in [-0.15, -0.1) is 44.7 Å². The van der Waals surface area contributed by atoms with Crippen molar-refractivity contribution in [2.24, 2.45) is 0 Å². The van der Waals surface area contributed by atoms with E-state index in [4.69, 9.17) is 18.6 Å². The summed E-state index contributed by atoms with van der Waals surface area (Å²) in [6.45, 7) is 0. The van der Waals surface area contributed by atoms with Gasteiger partial charge in [0.15, 0.2) is 17.6 Å². The molecule has 0 amide bonds. The molecular weight excluding hydrogens is 440 g/mol. The topological polar surface area (TPSA) is 92.2 Å². The number of hydrogen-bond acceptors (Lipinski definition) is 8. The van der Waals surface area contributed by atoms with Crippen molar-refractivity contribution in [3.05, 3.63) is 56.5 Å². The molecule has 0 aliphatic carbocycles. The highest BCUT2D eigenvalue weighted by atomic mass is 35.7. The standard InChI is InChI=1S/C15H13S5.ClHO4/c1-16-13-7-5-11(19-13)15(10-4-3-9-18-10)12-6-8-14(17-2)20-12;2-1(3,4)5/h3-9H,1-2H3;(H,2,3,4,5)/q+1;/p-1. The van der Waals surface area contributed by atoms with Crippen molar-refractivity contribution >= 4 is 67.3 Å². The Balaban J connectivity index is 0.000000399. The van der Waals surface area contributed by atoms with Gasteiger partial charge >= 0.3 is 0 Å². The quantitative estimate of drug-likeness (QED) is 0.386. The number of thiophene rings is 2. The summed E-state index contributed by atoms with van der Waals surface area (Å²) in [4.78, 5) is 4.09. The van der Waals surface area contributed by atoms with Gasteiger partial charge in [0.05, 0.1) is 4.21 Å². The third-order valence-electron chi connectivity index (χ3n) is 2.83. The van der Waals surface area contributed by atoms with E-state index >= 15 is 0 Å². The third kappa shape index (κ3) is 6.79. The molecule has 2 aromatic rings. The molecule has 0 unspecified atom stereocenters. The van der Waals surface area contributed by atoms with Crippen LogP contribution >= 0.6 is 46.2 Å². The van der Waals surface area contributed by atoms with Crippen molar-refractivity contribution in [1.29, 1.82) is 0 Å². The fourth-order valence-corrected chi connectivity index (χ4v) is 6.14. The van der Waals surface area contributed by atoms with Crippen molar-refractivity contribution < 1.29 is 28.9 Å². The van der Waals surface area contributed by atoms with E-state index < -0.39 is 10.2 Å². The predicted octanol–water partition coefficient (Wildman–Crippen LogP) is 0.680. The van der Waals surface area contributed by atoms with E-state index in [1.165, 1.54) is 28.6 Å². The third-order valence-corrected chi connectivity index (χ3v) is 8.08. The molecule has 0 N–H and O–H groups in total. The number of rotatable bonds is 3. The summed E-state index contributed by atoms with van der Waals surface area (Å²) in [5.74, 6) is 0. The van der Waals surface area contributed by atoms with Crippen LogP contribution in [0, 0.1) is 10.2 Å². The molecule has 1 aliphatic heterocycles. The molecule has 0 fully saturated rings. The number of halogens is 1. The molecule has 4 nitrogen and oxygen atoms in total. The molecule has 1 aliphatic rings. The van der Waals surface area contributed by atoms with Gasteiger partial charge < -0.3 is 0 Å². The Labute approximate surface area is 168 Å². The summed E-state index contributed by atoms with van der Waals surface area (Å²) in [7, 11) is -4.94. The van der Waals surface area contributed by atoms with Crippen LogP contribution in [0.3, 0.4) is 0 Å². The van der Waals surface area contributed by atoms with Crippen molar-refractivity contribution in [2.75, 3.05) is 12.5 Å². The summed E-state index contributed by atoms with van der Waals surface area (Å²) >= 11 is 9.22. The number of thioether (sulfide) groups is 2. The molecule has 2 aromatic heterocycles. The maximum atomic E-state index is 8.49. The fraction of sp³-hybridized carbons (Fsp3) is 0.133. The lowest BCUT2D eigenvalue weighted by Crippen LogP contribution is -2.68. The normalized spacial score (nSPS) is 17.6. The summed E-state index contributed by atoms with van der Waals surface area (Å²) in [6, 6.07) is 8.83. The first-order valence-corrected chi connectivity index (χ1v) is 12.8. The van der Waals surface area contributed by atoms with Crippen molar-refractivity contribution in [3.8, 4) is 0 Å². The Kier molecular flexibility index (Phi) is 8.15. The minimum atomic E-state index is -4.94. The average Bonchev–Trinajstić information content (AvgIpc) is 3.28. The van der Waals surface area contributed by atoms with Gasteiger partial charge in [-0.3, -0.25) is 0 Å². The lowest BCUT2D eigenvalue weighted by molar-refractivity contribution is -2.00. The maximum Gasteiger partial charge on any atom is 0.262 e. The number of allylic oxidation sites excluding steroid dienone is 1. The Hall–Kier alpha value is -0.200. The number of hydrogen-bond donors (Lipinski definition) is 0. The molecule has 3 heterocycles. The molecule has 0 aromatic carbocycles. The summed E-state index contributed by atoms with van der Waals surface area (Å²) in [5, 5.41) is 2.15. The molecule has 0 saturated carbocycles. The highest BCUT2D eigenvalue weighted by Crippen LogP contribution is 2.42. The minimum Gasteiger partial charge on any atom is -0.222 e. The molecular formula is C15H13ClO4S5. The largest absolute Gasteiger partial charge is 0.262 e. The van der Waals surface area contributed by atoms with Crippen LogP contribution in [0.4, 0.5) is 0 Å². The summed E-state index contributed by atoms with van der Waals surface area (Å²) in [5.41, 5.74) is 1.38. The first-order valence-electron chi connectivity index (χ1n) is 6.62. The highest BCUT2D eigenvalue weighted by molar-refractivity contribution is 8.26. The Morgan fingerprint density at radius 2 is 1.80 bits per heavy atom. The van der Waals surface area contributed by atoms with Crippen LogP contribution in [-0.2, 0) is 11.4 Å². The van der Waals surface area contributed by atoms with E-state index in [0.717, 1.165) is 0 Å². The zero-order valence-electron chi connectivity index (χ0n) is 13.1. The second-order valence-electron chi connectivity index (χ2n) is 4.38. The summed E-state index contributed by atoms with van der Waals surface area (Å²) in [6.07, 6.45) is 8.75. The van der Waals surface area contributed by atoms with E-state index in [9.17, 15) is 0 Å². The zero-order chi connectivity index (χ0) is 18.4. The Bertz CT molecular complexity index is 781. The van der Waals surface area contributed by atoms with E-state index in [1.54, 1.807) is 0 Å². The van der Waals surface area contributed by atoms with Gasteiger partial charge in [-0.2, -0.15) is 0 Å². The molecule has 0 radical (unpaired) electrons. The zero-order valence-corrected chi connectivity index (χ0v) is 17.9. The second kappa shape index (κ2) is 9.65. The molecule has 0 atom stereocenters. The van der Waals surface area contributed by atoms with Gasteiger partial charge in [0, 0.05) is 26.3 Å². The lowest BCUT2D eigenvalue weighted by Gasteiger charge is -2.17. The maximum absolute atomic E-state index is 8.49. The molecule has 25 heavy (non-hydrogen) atoms. The lowest BCUT2D eigenvalue weighted by atomic mass is 10.1. The molecule has 10 heteroatoms. The van der Waals surface area contributed by atoms with E-state index in [1.807, 2.05) is 57.5 Å². The SMILES string of the molecule is CSc1ccc(C(=C2C=CC(=[S+]C)S2)c2cccs2)s1.[O-][Cl+3]([O-])([O-])[O-]. The summed E-state index contributed by atoms with van der Waals surface area (Å²) < 4.78 is 36.7. The molecule has 0 bridgehead atoms. The smallest absolute Gasteiger partial charge is 0.222 e.